The molecule has 7 rings (SSSR count). The van der Waals surface area contributed by atoms with Gasteiger partial charge in [-0.25, -0.2) is 23.5 Å². The van der Waals surface area contributed by atoms with Crippen LogP contribution < -0.4 is 23.3 Å². The average Bonchev–Trinajstić information content (AvgIpc) is 3.36. The van der Waals surface area contributed by atoms with Gasteiger partial charge in [0.1, 0.15) is 37.1 Å². The Morgan fingerprint density at radius 1 is 0.660 bits per heavy atom. The highest BCUT2D eigenvalue weighted by Gasteiger charge is 2.53. The van der Waals surface area contributed by atoms with Crippen LogP contribution in [0.5, 0.6) is 23.0 Å². The SMILES string of the molecule is C[n+]1ccccc1/C=C/C(=O)Oc1ccc2c(c1)Oc1cc(OC(=O)/C=C/c3cccc[n+]3C)ccc1C21OC(=O)c2ccccc21. The number of carbonyl (C=O) groups excluding carboxylic acids is 3. The minimum Gasteiger partial charge on any atom is -0.456 e. The smallest absolute Gasteiger partial charge is 0.340 e. The Morgan fingerprint density at radius 2 is 1.17 bits per heavy atom. The lowest BCUT2D eigenvalue weighted by Gasteiger charge is -2.36. The van der Waals surface area contributed by atoms with Crippen molar-refractivity contribution < 1.29 is 42.5 Å². The van der Waals surface area contributed by atoms with Crippen LogP contribution in [-0.4, -0.2) is 17.9 Å². The highest BCUT2D eigenvalue weighted by molar-refractivity contribution is 5.97. The summed E-state index contributed by atoms with van der Waals surface area (Å²) >= 11 is 0. The van der Waals surface area contributed by atoms with Crippen molar-refractivity contribution in [2.45, 2.75) is 5.60 Å². The van der Waals surface area contributed by atoms with E-state index >= 15 is 0 Å². The molecular formula is C38H28N2O7+2. The summed E-state index contributed by atoms with van der Waals surface area (Å²) in [6, 6.07) is 28.3. The van der Waals surface area contributed by atoms with E-state index in [2.05, 4.69) is 0 Å². The molecular weight excluding hydrogens is 596 g/mol. The minimum atomic E-state index is -1.34. The number of benzene rings is 3. The van der Waals surface area contributed by atoms with Crippen LogP contribution in [-0.2, 0) is 34.0 Å². The van der Waals surface area contributed by atoms with E-state index in [1.54, 1.807) is 60.7 Å². The third-order valence-electron chi connectivity index (χ3n) is 8.06. The van der Waals surface area contributed by atoms with Crippen LogP contribution in [0.15, 0.2) is 122 Å². The zero-order valence-corrected chi connectivity index (χ0v) is 25.5. The topological polar surface area (TPSA) is 95.9 Å². The molecule has 0 atom stereocenters. The second-order valence-corrected chi connectivity index (χ2v) is 11.0. The van der Waals surface area contributed by atoms with Gasteiger partial charge in [-0.05, 0) is 42.5 Å². The summed E-state index contributed by atoms with van der Waals surface area (Å²) in [7, 11) is 3.75. The van der Waals surface area contributed by atoms with Crippen molar-refractivity contribution in [3.05, 3.63) is 155 Å². The second-order valence-electron chi connectivity index (χ2n) is 11.0. The van der Waals surface area contributed by atoms with Gasteiger partial charge in [-0.1, -0.05) is 18.2 Å². The van der Waals surface area contributed by atoms with E-state index in [0.717, 1.165) is 11.4 Å². The summed E-state index contributed by atoms with van der Waals surface area (Å²) in [6.45, 7) is 0. The van der Waals surface area contributed by atoms with Crippen LogP contribution in [0.1, 0.15) is 38.4 Å². The average molecular weight is 625 g/mol. The number of ether oxygens (including phenoxy) is 4. The number of aryl methyl sites for hydroxylation is 2. The Morgan fingerprint density at radius 3 is 1.70 bits per heavy atom. The Balaban J connectivity index is 1.22. The predicted molar refractivity (Wildman–Crippen MR) is 169 cm³/mol. The van der Waals surface area contributed by atoms with Crippen LogP contribution in [0.25, 0.3) is 12.2 Å². The molecule has 2 aromatic heterocycles. The molecule has 0 fully saturated rings. The van der Waals surface area contributed by atoms with Gasteiger partial charge in [-0.2, -0.15) is 0 Å². The normalized spacial score (nSPS) is 13.9. The molecule has 0 bridgehead atoms. The standard InChI is InChI=1S/C38H28N2O7/c1-39-21-7-5-9-25(39)13-19-35(41)44-27-15-17-31-33(23-27)46-34-24-28(45-36(42)20-14-26-10-6-8-22-40(26)2)16-18-32(34)38(31)30-12-4-3-11-29(30)37(43)47-38/h3-24H,1-2H3/q+2/b19-13+,20-14+. The molecule has 0 saturated heterocycles. The van der Waals surface area contributed by atoms with Gasteiger partial charge in [-0.15, -0.1) is 0 Å². The summed E-state index contributed by atoms with van der Waals surface area (Å²) in [4.78, 5) is 38.7. The minimum absolute atomic E-state index is 0.230. The summed E-state index contributed by atoms with van der Waals surface area (Å²) in [6.07, 6.45) is 9.76. The lowest BCUT2D eigenvalue weighted by atomic mass is 9.77. The fraction of sp³-hybridized carbons (Fsp3) is 0.0789. The molecule has 9 heteroatoms. The highest BCUT2D eigenvalue weighted by atomic mass is 16.6. The molecule has 1 spiro atoms. The third kappa shape index (κ3) is 5.44. The molecule has 2 aliphatic heterocycles. The van der Waals surface area contributed by atoms with E-state index in [1.807, 2.05) is 84.2 Å². The number of fused-ring (bicyclic) bond motifs is 6. The Labute approximate surface area is 270 Å². The van der Waals surface area contributed by atoms with Gasteiger partial charge in [0.05, 0.1) is 5.56 Å². The van der Waals surface area contributed by atoms with E-state index in [9.17, 15) is 14.4 Å². The third-order valence-corrected chi connectivity index (χ3v) is 8.06. The number of hydrogen-bond acceptors (Lipinski definition) is 7. The molecule has 0 amide bonds. The molecule has 5 aromatic rings. The monoisotopic (exact) mass is 624 g/mol. The first-order valence-corrected chi connectivity index (χ1v) is 14.8. The Hall–Kier alpha value is -6.35. The van der Waals surface area contributed by atoms with Crippen LogP contribution in [0, 0.1) is 0 Å². The first kappa shape index (κ1) is 29.4. The number of esters is 3. The molecule has 0 aliphatic carbocycles. The Kier molecular flexibility index (Phi) is 7.41. The van der Waals surface area contributed by atoms with E-state index in [0.29, 0.717) is 33.8 Å². The lowest BCUT2D eigenvalue weighted by molar-refractivity contribution is -0.673. The molecule has 3 aromatic carbocycles. The van der Waals surface area contributed by atoms with Gasteiger partial charge >= 0.3 is 17.9 Å². The maximum atomic E-state index is 13.2. The summed E-state index contributed by atoms with van der Waals surface area (Å²) < 4.78 is 27.5. The van der Waals surface area contributed by atoms with Crippen LogP contribution in [0.2, 0.25) is 0 Å². The van der Waals surface area contributed by atoms with Crippen LogP contribution >= 0.6 is 0 Å². The van der Waals surface area contributed by atoms with E-state index in [1.165, 1.54) is 12.2 Å². The van der Waals surface area contributed by atoms with E-state index < -0.39 is 23.5 Å². The van der Waals surface area contributed by atoms with Crippen LogP contribution in [0.4, 0.5) is 0 Å². The van der Waals surface area contributed by atoms with Gasteiger partial charge < -0.3 is 18.9 Å². The number of aromatic nitrogens is 2. The molecule has 47 heavy (non-hydrogen) atoms. The first-order chi connectivity index (χ1) is 22.8. The number of rotatable bonds is 6. The molecule has 230 valence electrons. The summed E-state index contributed by atoms with van der Waals surface area (Å²) in [5.41, 5.74) is 2.47. The molecule has 0 radical (unpaired) electrons. The van der Waals surface area contributed by atoms with Crippen molar-refractivity contribution >= 4 is 30.1 Å². The zero-order valence-electron chi connectivity index (χ0n) is 25.5. The second kappa shape index (κ2) is 11.9. The fourth-order valence-corrected chi connectivity index (χ4v) is 5.79. The van der Waals surface area contributed by atoms with Gasteiger partial charge in [0.15, 0.2) is 18.0 Å². The van der Waals surface area contributed by atoms with Gasteiger partial charge in [0.25, 0.3) is 0 Å². The van der Waals surface area contributed by atoms with E-state index in [-0.39, 0.29) is 11.5 Å². The largest absolute Gasteiger partial charge is 0.456 e. The fourth-order valence-electron chi connectivity index (χ4n) is 5.79. The lowest BCUT2D eigenvalue weighted by Crippen LogP contribution is -2.33. The molecule has 0 unspecified atom stereocenters. The molecule has 2 aliphatic rings. The van der Waals surface area contributed by atoms with Crippen molar-refractivity contribution in [2.24, 2.45) is 14.1 Å². The van der Waals surface area contributed by atoms with Crippen molar-refractivity contribution in [3.63, 3.8) is 0 Å². The maximum Gasteiger partial charge on any atom is 0.340 e. The quantitative estimate of drug-likeness (QED) is 0.112. The number of nitrogens with zero attached hydrogens (tertiary/aromatic N) is 2. The summed E-state index contributed by atoms with van der Waals surface area (Å²) in [5, 5.41) is 0. The van der Waals surface area contributed by atoms with E-state index in [4.69, 9.17) is 18.9 Å². The zero-order chi connectivity index (χ0) is 32.5. The number of hydrogen-bond donors (Lipinski definition) is 0. The van der Waals surface area contributed by atoms with Gasteiger partial charge in [-0.3, -0.25) is 0 Å². The predicted octanol–water partition coefficient (Wildman–Crippen LogP) is 5.14. The van der Waals surface area contributed by atoms with Gasteiger partial charge in [0.2, 0.25) is 11.4 Å². The van der Waals surface area contributed by atoms with Crippen LogP contribution in [0.3, 0.4) is 0 Å². The molecule has 0 saturated carbocycles. The summed E-state index contributed by atoms with van der Waals surface area (Å²) in [5.74, 6) is -0.560. The van der Waals surface area contributed by atoms with Crippen molar-refractivity contribution in [1.29, 1.82) is 0 Å². The number of carbonyl (C=O) groups is 3. The van der Waals surface area contributed by atoms with Crippen molar-refractivity contribution in [2.75, 3.05) is 0 Å². The molecule has 9 nitrogen and oxygen atoms in total. The number of pyridine rings is 2. The Bertz CT molecular complexity index is 2030. The maximum absolute atomic E-state index is 13.2. The van der Waals surface area contributed by atoms with Crippen molar-refractivity contribution in [1.82, 2.24) is 0 Å². The molecule has 4 heterocycles. The highest BCUT2D eigenvalue weighted by Crippen LogP contribution is 2.57. The molecule has 0 N–H and O–H groups in total. The first-order valence-electron chi connectivity index (χ1n) is 14.8. The van der Waals surface area contributed by atoms with Gasteiger partial charge in [0, 0.05) is 77.4 Å². The van der Waals surface area contributed by atoms with Crippen molar-refractivity contribution in [3.8, 4) is 23.0 Å².